The van der Waals surface area contributed by atoms with Gasteiger partial charge in [-0.1, -0.05) is 6.42 Å². The average Bonchev–Trinajstić information content (AvgIpc) is 2.77. The van der Waals surface area contributed by atoms with Gasteiger partial charge in [0.2, 0.25) is 0 Å². The fourth-order valence-electron chi connectivity index (χ4n) is 2.28. The fourth-order valence-corrected chi connectivity index (χ4v) is 2.28. The highest BCUT2D eigenvalue weighted by Crippen LogP contribution is 2.24. The Morgan fingerprint density at radius 1 is 1.33 bits per heavy atom. The highest BCUT2D eigenvalue weighted by Gasteiger charge is 2.15. The Bertz CT molecular complexity index is 455. The van der Waals surface area contributed by atoms with E-state index in [0.717, 1.165) is 12.2 Å². The maximum atomic E-state index is 4.42. The molecule has 0 spiro atoms. The molecule has 3 nitrogen and oxygen atoms in total. The second-order valence-electron chi connectivity index (χ2n) is 4.19. The van der Waals surface area contributed by atoms with Crippen LogP contribution in [0.4, 0.5) is 0 Å². The van der Waals surface area contributed by atoms with Crippen molar-refractivity contribution in [3.05, 3.63) is 30.1 Å². The molecule has 1 saturated heterocycles. The lowest BCUT2D eigenvalue weighted by Gasteiger charge is -2.23. The normalized spacial score (nSPS) is 22.0. The summed E-state index contributed by atoms with van der Waals surface area (Å²) in [5.41, 5.74) is 2.30. The lowest BCUT2D eigenvalue weighted by Crippen LogP contribution is -2.26. The van der Waals surface area contributed by atoms with Gasteiger partial charge in [-0.05, 0) is 37.1 Å². The Balaban J connectivity index is 1.95. The first kappa shape index (κ1) is 8.92. The van der Waals surface area contributed by atoms with Gasteiger partial charge in [0.15, 0.2) is 0 Å². The van der Waals surface area contributed by atoms with Crippen LogP contribution in [0.2, 0.25) is 0 Å². The molecule has 78 valence electrons. The lowest BCUT2D eigenvalue weighted by molar-refractivity contribution is 0.412. The SMILES string of the molecule is c1cc2cc([C@H]3CCCCN3)cnc2[nH]1. The summed E-state index contributed by atoms with van der Waals surface area (Å²) >= 11 is 0. The minimum absolute atomic E-state index is 0.505. The number of hydrogen-bond acceptors (Lipinski definition) is 2. The van der Waals surface area contributed by atoms with Gasteiger partial charge in [0.1, 0.15) is 5.65 Å². The van der Waals surface area contributed by atoms with Gasteiger partial charge in [0.25, 0.3) is 0 Å². The second kappa shape index (κ2) is 3.66. The zero-order chi connectivity index (χ0) is 10.1. The van der Waals surface area contributed by atoms with Gasteiger partial charge >= 0.3 is 0 Å². The van der Waals surface area contributed by atoms with E-state index in [1.165, 1.54) is 30.2 Å². The number of pyridine rings is 1. The van der Waals surface area contributed by atoms with Crippen LogP contribution in [0.1, 0.15) is 30.9 Å². The van der Waals surface area contributed by atoms with Crippen molar-refractivity contribution in [3.8, 4) is 0 Å². The van der Waals surface area contributed by atoms with Gasteiger partial charge in [0.05, 0.1) is 0 Å². The predicted molar refractivity (Wildman–Crippen MR) is 60.7 cm³/mol. The molecule has 0 unspecified atom stereocenters. The van der Waals surface area contributed by atoms with Crippen LogP contribution in [0.25, 0.3) is 11.0 Å². The Labute approximate surface area is 88.9 Å². The highest BCUT2D eigenvalue weighted by atomic mass is 14.9. The van der Waals surface area contributed by atoms with Gasteiger partial charge in [0, 0.05) is 23.8 Å². The van der Waals surface area contributed by atoms with Crippen molar-refractivity contribution in [3.63, 3.8) is 0 Å². The van der Waals surface area contributed by atoms with Gasteiger partial charge in [-0.25, -0.2) is 4.98 Å². The minimum Gasteiger partial charge on any atom is -0.346 e. The van der Waals surface area contributed by atoms with Gasteiger partial charge in [-0.3, -0.25) is 0 Å². The zero-order valence-corrected chi connectivity index (χ0v) is 8.66. The van der Waals surface area contributed by atoms with Crippen molar-refractivity contribution in [2.45, 2.75) is 25.3 Å². The Morgan fingerprint density at radius 2 is 2.33 bits per heavy atom. The van der Waals surface area contributed by atoms with Gasteiger partial charge < -0.3 is 10.3 Å². The number of aromatic amines is 1. The van der Waals surface area contributed by atoms with Crippen LogP contribution in [0.15, 0.2) is 24.5 Å². The van der Waals surface area contributed by atoms with Crippen LogP contribution < -0.4 is 5.32 Å². The van der Waals surface area contributed by atoms with Crippen molar-refractivity contribution in [2.75, 3.05) is 6.54 Å². The standard InChI is InChI=1S/C12H15N3/c1-2-5-13-11(3-1)10-7-9-4-6-14-12(9)15-8-10/h4,6-8,11,13H,1-3,5H2,(H,14,15)/t11-/m1/s1. The number of aromatic nitrogens is 2. The summed E-state index contributed by atoms with van der Waals surface area (Å²) in [6.07, 6.45) is 7.79. The van der Waals surface area contributed by atoms with Crippen LogP contribution in [0.5, 0.6) is 0 Å². The largest absolute Gasteiger partial charge is 0.346 e. The first-order valence-electron chi connectivity index (χ1n) is 5.60. The maximum Gasteiger partial charge on any atom is 0.137 e. The Kier molecular flexibility index (Phi) is 2.18. The third kappa shape index (κ3) is 1.63. The third-order valence-corrected chi connectivity index (χ3v) is 3.13. The Hall–Kier alpha value is -1.35. The summed E-state index contributed by atoms with van der Waals surface area (Å²) in [6, 6.07) is 4.82. The fraction of sp³-hybridized carbons (Fsp3) is 0.417. The molecule has 0 radical (unpaired) electrons. The molecule has 0 aliphatic carbocycles. The molecular weight excluding hydrogens is 186 g/mol. The van der Waals surface area contributed by atoms with E-state index in [1.54, 1.807) is 0 Å². The smallest absolute Gasteiger partial charge is 0.137 e. The molecule has 2 aromatic rings. The highest BCUT2D eigenvalue weighted by molar-refractivity contribution is 5.75. The molecule has 3 rings (SSSR count). The molecule has 1 aliphatic heterocycles. The van der Waals surface area contributed by atoms with E-state index in [9.17, 15) is 0 Å². The van der Waals surface area contributed by atoms with E-state index < -0.39 is 0 Å². The minimum atomic E-state index is 0.505. The van der Waals surface area contributed by atoms with E-state index in [2.05, 4.69) is 27.4 Å². The summed E-state index contributed by atoms with van der Waals surface area (Å²) in [5, 5.41) is 4.75. The second-order valence-corrected chi connectivity index (χ2v) is 4.19. The molecule has 1 aliphatic rings. The molecule has 0 saturated carbocycles. The molecule has 2 aromatic heterocycles. The van der Waals surface area contributed by atoms with E-state index in [1.807, 2.05) is 12.4 Å². The quantitative estimate of drug-likeness (QED) is 0.743. The van der Waals surface area contributed by atoms with Crippen molar-refractivity contribution >= 4 is 11.0 Å². The van der Waals surface area contributed by atoms with E-state index in [4.69, 9.17) is 0 Å². The summed E-state index contributed by atoms with van der Waals surface area (Å²) in [7, 11) is 0. The molecule has 3 heteroatoms. The summed E-state index contributed by atoms with van der Waals surface area (Å²) in [4.78, 5) is 7.54. The molecule has 1 fully saturated rings. The number of fused-ring (bicyclic) bond motifs is 1. The van der Waals surface area contributed by atoms with E-state index >= 15 is 0 Å². The van der Waals surface area contributed by atoms with Crippen molar-refractivity contribution in [1.29, 1.82) is 0 Å². The third-order valence-electron chi connectivity index (χ3n) is 3.13. The molecule has 2 N–H and O–H groups in total. The number of hydrogen-bond donors (Lipinski definition) is 2. The molecule has 1 atom stereocenters. The van der Waals surface area contributed by atoms with Crippen molar-refractivity contribution < 1.29 is 0 Å². The molecule has 3 heterocycles. The Morgan fingerprint density at radius 3 is 3.20 bits per heavy atom. The first-order chi connectivity index (χ1) is 7.43. The number of rotatable bonds is 1. The molecular formula is C12H15N3. The van der Waals surface area contributed by atoms with Gasteiger partial charge in [-0.2, -0.15) is 0 Å². The van der Waals surface area contributed by atoms with Crippen molar-refractivity contribution in [2.24, 2.45) is 0 Å². The van der Waals surface area contributed by atoms with Gasteiger partial charge in [-0.15, -0.1) is 0 Å². The monoisotopic (exact) mass is 201 g/mol. The lowest BCUT2D eigenvalue weighted by atomic mass is 9.98. The first-order valence-corrected chi connectivity index (χ1v) is 5.60. The van der Waals surface area contributed by atoms with E-state index in [-0.39, 0.29) is 0 Å². The summed E-state index contributed by atoms with van der Waals surface area (Å²) < 4.78 is 0. The molecule has 0 aromatic carbocycles. The number of piperidine rings is 1. The number of nitrogens with zero attached hydrogens (tertiary/aromatic N) is 1. The molecule has 0 amide bonds. The van der Waals surface area contributed by atoms with Crippen LogP contribution >= 0.6 is 0 Å². The number of H-pyrrole nitrogens is 1. The van der Waals surface area contributed by atoms with Crippen LogP contribution in [-0.4, -0.2) is 16.5 Å². The maximum absolute atomic E-state index is 4.42. The predicted octanol–water partition coefficient (Wildman–Crippen LogP) is 2.38. The number of nitrogens with one attached hydrogen (secondary N) is 2. The van der Waals surface area contributed by atoms with Crippen LogP contribution in [-0.2, 0) is 0 Å². The summed E-state index contributed by atoms with van der Waals surface area (Å²) in [6.45, 7) is 1.13. The molecule has 0 bridgehead atoms. The summed E-state index contributed by atoms with van der Waals surface area (Å²) in [5.74, 6) is 0. The van der Waals surface area contributed by atoms with Crippen LogP contribution in [0.3, 0.4) is 0 Å². The topological polar surface area (TPSA) is 40.7 Å². The molecule has 15 heavy (non-hydrogen) atoms. The zero-order valence-electron chi connectivity index (χ0n) is 8.66. The average molecular weight is 201 g/mol. The van der Waals surface area contributed by atoms with Crippen molar-refractivity contribution in [1.82, 2.24) is 15.3 Å². The van der Waals surface area contributed by atoms with Crippen LogP contribution in [0, 0.1) is 0 Å². The van der Waals surface area contributed by atoms with E-state index in [0.29, 0.717) is 6.04 Å².